The van der Waals surface area contributed by atoms with Gasteiger partial charge in [0, 0.05) is 6.92 Å². The van der Waals surface area contributed by atoms with Crippen LogP contribution in [0.1, 0.15) is 72.6 Å². The van der Waals surface area contributed by atoms with Crippen molar-refractivity contribution in [1.29, 1.82) is 0 Å². The first-order valence-electron chi connectivity index (χ1n) is 8.72. The van der Waals surface area contributed by atoms with Gasteiger partial charge < -0.3 is 9.47 Å². The Bertz CT molecular complexity index is 350. The van der Waals surface area contributed by atoms with Gasteiger partial charge in [-0.2, -0.15) is 0 Å². The lowest BCUT2D eigenvalue weighted by atomic mass is 9.65. The predicted octanol–water partition coefficient (Wildman–Crippen LogP) is 4.34. The first kappa shape index (κ1) is 16.8. The van der Waals surface area contributed by atoms with Crippen molar-refractivity contribution < 1.29 is 14.3 Å². The highest BCUT2D eigenvalue weighted by atomic mass is 16.5. The topological polar surface area (TPSA) is 35.5 Å². The second-order valence-electron chi connectivity index (χ2n) is 7.58. The molecule has 0 bridgehead atoms. The van der Waals surface area contributed by atoms with Crippen molar-refractivity contribution in [2.75, 3.05) is 6.61 Å². The van der Waals surface area contributed by atoms with Gasteiger partial charge in [-0.3, -0.25) is 4.79 Å². The van der Waals surface area contributed by atoms with Gasteiger partial charge in [-0.1, -0.05) is 19.8 Å². The van der Waals surface area contributed by atoms with Crippen LogP contribution in [0, 0.1) is 17.8 Å². The summed E-state index contributed by atoms with van der Waals surface area (Å²) >= 11 is 0. The van der Waals surface area contributed by atoms with Gasteiger partial charge in [0.1, 0.15) is 6.10 Å². The molecule has 0 radical (unpaired) electrons. The van der Waals surface area contributed by atoms with Crippen LogP contribution in [0.2, 0.25) is 0 Å². The highest BCUT2D eigenvalue weighted by Gasteiger charge is 2.39. The molecule has 2 aliphatic rings. The van der Waals surface area contributed by atoms with Crippen LogP contribution in [0.15, 0.2) is 0 Å². The third-order valence-electron chi connectivity index (χ3n) is 5.62. The Labute approximate surface area is 129 Å². The first-order valence-corrected chi connectivity index (χ1v) is 8.72. The largest absolute Gasteiger partial charge is 0.463 e. The smallest absolute Gasteiger partial charge is 0.302 e. The van der Waals surface area contributed by atoms with Crippen LogP contribution >= 0.6 is 0 Å². The van der Waals surface area contributed by atoms with Crippen LogP contribution in [0.4, 0.5) is 0 Å². The normalized spacial score (nSPS) is 33.3. The third-order valence-corrected chi connectivity index (χ3v) is 5.62. The van der Waals surface area contributed by atoms with Crippen molar-refractivity contribution in [3.63, 3.8) is 0 Å². The minimum atomic E-state index is -0.126. The average molecular weight is 296 g/mol. The molecule has 0 N–H and O–H groups in total. The molecule has 122 valence electrons. The molecule has 0 aromatic rings. The van der Waals surface area contributed by atoms with Crippen LogP contribution in [0.5, 0.6) is 0 Å². The summed E-state index contributed by atoms with van der Waals surface area (Å²) in [6, 6.07) is 0. The molecular formula is C18H32O3. The van der Waals surface area contributed by atoms with Gasteiger partial charge in [0.15, 0.2) is 0 Å². The van der Waals surface area contributed by atoms with Crippen molar-refractivity contribution in [3.8, 4) is 0 Å². The fourth-order valence-corrected chi connectivity index (χ4v) is 4.04. The fraction of sp³-hybridized carbons (Fsp3) is 0.944. The molecule has 0 aliphatic heterocycles. The minimum Gasteiger partial charge on any atom is -0.463 e. The molecule has 0 aromatic heterocycles. The zero-order valence-electron chi connectivity index (χ0n) is 14.2. The Hall–Kier alpha value is -0.570. The van der Waals surface area contributed by atoms with Gasteiger partial charge in [0.05, 0.1) is 12.2 Å². The molecule has 21 heavy (non-hydrogen) atoms. The summed E-state index contributed by atoms with van der Waals surface area (Å²) in [4.78, 5) is 11.1. The van der Waals surface area contributed by atoms with Crippen molar-refractivity contribution in [2.45, 2.75) is 84.3 Å². The third kappa shape index (κ3) is 4.70. The summed E-state index contributed by atoms with van der Waals surface area (Å²) in [5, 5.41) is 0. The maximum absolute atomic E-state index is 11.1. The van der Waals surface area contributed by atoms with Gasteiger partial charge in [-0.05, 0) is 63.7 Å². The molecule has 0 saturated heterocycles. The summed E-state index contributed by atoms with van der Waals surface area (Å²) in [5.41, 5.74) is 0.00187. The maximum Gasteiger partial charge on any atom is 0.302 e. The molecule has 2 rings (SSSR count). The van der Waals surface area contributed by atoms with E-state index in [9.17, 15) is 4.79 Å². The molecule has 3 heteroatoms. The zero-order valence-corrected chi connectivity index (χ0v) is 14.2. The number of carbonyl (C=O) groups is 1. The first-order chi connectivity index (χ1) is 9.91. The van der Waals surface area contributed by atoms with Gasteiger partial charge >= 0.3 is 5.97 Å². The summed E-state index contributed by atoms with van der Waals surface area (Å²) in [5.74, 6) is 2.08. The summed E-state index contributed by atoms with van der Waals surface area (Å²) in [6.07, 6.45) is 8.43. The van der Waals surface area contributed by atoms with E-state index in [1.165, 1.54) is 32.6 Å². The number of hydrogen-bond acceptors (Lipinski definition) is 3. The second kappa shape index (κ2) is 7.13. The molecule has 3 nitrogen and oxygen atoms in total. The van der Waals surface area contributed by atoms with E-state index in [4.69, 9.17) is 9.47 Å². The van der Waals surface area contributed by atoms with E-state index < -0.39 is 0 Å². The van der Waals surface area contributed by atoms with Gasteiger partial charge in [-0.15, -0.1) is 0 Å². The number of esters is 1. The lowest BCUT2D eigenvalue weighted by Gasteiger charge is -2.44. The van der Waals surface area contributed by atoms with E-state index in [0.29, 0.717) is 5.92 Å². The molecule has 0 heterocycles. The van der Waals surface area contributed by atoms with Crippen LogP contribution in [-0.4, -0.2) is 24.3 Å². The van der Waals surface area contributed by atoms with E-state index in [1.807, 2.05) is 0 Å². The van der Waals surface area contributed by atoms with E-state index in [-0.39, 0.29) is 17.7 Å². The van der Waals surface area contributed by atoms with Gasteiger partial charge in [0.25, 0.3) is 0 Å². The van der Waals surface area contributed by atoms with Crippen molar-refractivity contribution >= 4 is 5.97 Å². The molecule has 0 aromatic carbocycles. The van der Waals surface area contributed by atoms with Gasteiger partial charge in [-0.25, -0.2) is 0 Å². The Morgan fingerprint density at radius 3 is 2.62 bits per heavy atom. The average Bonchev–Trinajstić information content (AvgIpc) is 2.44. The highest BCUT2D eigenvalue weighted by Crippen LogP contribution is 2.45. The Morgan fingerprint density at radius 1 is 1.19 bits per heavy atom. The van der Waals surface area contributed by atoms with Crippen molar-refractivity contribution in [1.82, 2.24) is 0 Å². The maximum atomic E-state index is 11.1. The minimum absolute atomic E-state index is 0.00187. The number of fused-ring (bicyclic) bond motifs is 1. The highest BCUT2D eigenvalue weighted by molar-refractivity contribution is 5.66. The van der Waals surface area contributed by atoms with Crippen LogP contribution in [0.25, 0.3) is 0 Å². The molecule has 0 amide bonds. The molecule has 2 fully saturated rings. The molecule has 2 aliphatic carbocycles. The molecule has 2 saturated carbocycles. The van der Waals surface area contributed by atoms with E-state index in [2.05, 4.69) is 20.8 Å². The number of rotatable bonds is 5. The van der Waals surface area contributed by atoms with Crippen molar-refractivity contribution in [3.05, 3.63) is 0 Å². The standard InChI is InChI=1S/C18H32O3/c1-5-18(3,4)20-12-15-8-6-7-14-11-16(21-13(2)19)9-10-17(14)15/h14-17H,5-12H2,1-4H3. The molecule has 4 atom stereocenters. The number of hydrogen-bond donors (Lipinski definition) is 0. The lowest BCUT2D eigenvalue weighted by molar-refractivity contribution is -0.151. The SMILES string of the molecule is CCC(C)(C)OCC1CCCC2CC(OC(C)=O)CCC12. The summed E-state index contributed by atoms with van der Waals surface area (Å²) in [6.45, 7) is 8.99. The Morgan fingerprint density at radius 2 is 1.95 bits per heavy atom. The fourth-order valence-electron chi connectivity index (χ4n) is 4.04. The van der Waals surface area contributed by atoms with Crippen LogP contribution in [-0.2, 0) is 14.3 Å². The zero-order chi connectivity index (χ0) is 15.5. The molecule has 0 spiro atoms. The van der Waals surface area contributed by atoms with E-state index in [1.54, 1.807) is 0 Å². The quantitative estimate of drug-likeness (QED) is 0.708. The summed E-state index contributed by atoms with van der Waals surface area (Å²) < 4.78 is 11.6. The number of carbonyl (C=O) groups excluding carboxylic acids is 1. The molecule has 4 unspecified atom stereocenters. The van der Waals surface area contributed by atoms with Gasteiger partial charge in [0.2, 0.25) is 0 Å². The van der Waals surface area contributed by atoms with E-state index in [0.717, 1.165) is 37.7 Å². The van der Waals surface area contributed by atoms with Crippen molar-refractivity contribution in [2.24, 2.45) is 17.8 Å². The lowest BCUT2D eigenvalue weighted by Crippen LogP contribution is -2.40. The predicted molar refractivity (Wildman–Crippen MR) is 84.0 cm³/mol. The van der Waals surface area contributed by atoms with E-state index >= 15 is 0 Å². The Kier molecular flexibility index (Phi) is 5.70. The monoisotopic (exact) mass is 296 g/mol. The van der Waals surface area contributed by atoms with Crippen LogP contribution in [0.3, 0.4) is 0 Å². The number of ether oxygens (including phenoxy) is 2. The molecular weight excluding hydrogens is 264 g/mol. The summed E-state index contributed by atoms with van der Waals surface area (Å²) in [7, 11) is 0. The Balaban J connectivity index is 1.87. The second-order valence-corrected chi connectivity index (χ2v) is 7.58. The van der Waals surface area contributed by atoms with Crippen LogP contribution < -0.4 is 0 Å².